The maximum Gasteiger partial charge on any atom is 0.191 e. The molecule has 29 heavy (non-hydrogen) atoms. The van der Waals surface area contributed by atoms with E-state index in [1.807, 2.05) is 18.4 Å². The average molecular weight is 534 g/mol. The Bertz CT molecular complexity index is 598. The molecule has 0 saturated carbocycles. The quantitative estimate of drug-likeness (QED) is 0.316. The molecule has 2 aliphatic rings. The number of halogens is 1. The number of rotatable bonds is 7. The number of thiophene rings is 1. The minimum absolute atomic E-state index is 0. The molecule has 1 unspecified atom stereocenters. The minimum atomic E-state index is 0. The van der Waals surface area contributed by atoms with E-state index >= 15 is 0 Å². The van der Waals surface area contributed by atoms with Gasteiger partial charge in [-0.2, -0.15) is 0 Å². The van der Waals surface area contributed by atoms with Crippen molar-refractivity contribution in [2.24, 2.45) is 10.9 Å². The zero-order valence-corrected chi connectivity index (χ0v) is 21.6. The molecule has 0 aliphatic carbocycles. The molecule has 1 aromatic rings. The Hall–Kier alpha value is -0.380. The first-order valence-corrected chi connectivity index (χ1v) is 11.9. The topological polar surface area (TPSA) is 42.9 Å². The molecule has 0 bridgehead atoms. The second kappa shape index (κ2) is 12.5. The number of guanidine groups is 1. The molecular weight excluding hydrogens is 493 g/mol. The Morgan fingerprint density at radius 3 is 2.66 bits per heavy atom. The molecule has 1 aromatic heterocycles. The van der Waals surface area contributed by atoms with Gasteiger partial charge in [-0.05, 0) is 76.5 Å². The van der Waals surface area contributed by atoms with Crippen LogP contribution in [0.25, 0.3) is 0 Å². The van der Waals surface area contributed by atoms with Crippen LogP contribution in [0.3, 0.4) is 0 Å². The first kappa shape index (κ1) is 24.9. The average Bonchev–Trinajstić information content (AvgIpc) is 3.22. The Labute approximate surface area is 198 Å². The molecule has 3 heterocycles. The fourth-order valence-electron chi connectivity index (χ4n) is 4.46. The first-order chi connectivity index (χ1) is 13.6. The van der Waals surface area contributed by atoms with Gasteiger partial charge in [-0.1, -0.05) is 12.5 Å². The van der Waals surface area contributed by atoms with Crippen molar-refractivity contribution in [1.29, 1.82) is 0 Å². The van der Waals surface area contributed by atoms with Gasteiger partial charge in [-0.15, -0.1) is 35.3 Å². The van der Waals surface area contributed by atoms with Gasteiger partial charge in [0.25, 0.3) is 0 Å². The summed E-state index contributed by atoms with van der Waals surface area (Å²) in [4.78, 5) is 11.2. The molecule has 0 amide bonds. The SMILES string of the molecule is CN=C(NCC1CCCN(Cc2cccs2)C1)NCC(C)(C)N1CCCCC1.I. The fraction of sp³-hybridized carbons (Fsp3) is 0.773. The van der Waals surface area contributed by atoms with E-state index in [0.717, 1.165) is 25.6 Å². The van der Waals surface area contributed by atoms with Gasteiger partial charge in [-0.3, -0.25) is 14.8 Å². The lowest BCUT2D eigenvalue weighted by Crippen LogP contribution is -2.55. The lowest BCUT2D eigenvalue weighted by atomic mass is 9.98. The Morgan fingerprint density at radius 1 is 1.17 bits per heavy atom. The van der Waals surface area contributed by atoms with Crippen LogP contribution < -0.4 is 10.6 Å². The van der Waals surface area contributed by atoms with E-state index in [1.54, 1.807) is 0 Å². The summed E-state index contributed by atoms with van der Waals surface area (Å²) in [7, 11) is 1.88. The van der Waals surface area contributed by atoms with Crippen LogP contribution in [0.5, 0.6) is 0 Å². The lowest BCUT2D eigenvalue weighted by Gasteiger charge is -2.41. The monoisotopic (exact) mass is 533 g/mol. The maximum absolute atomic E-state index is 4.46. The molecule has 166 valence electrons. The smallest absolute Gasteiger partial charge is 0.191 e. The summed E-state index contributed by atoms with van der Waals surface area (Å²) in [5.41, 5.74) is 0.167. The summed E-state index contributed by atoms with van der Waals surface area (Å²) in [6.45, 7) is 12.6. The van der Waals surface area contributed by atoms with Crippen LogP contribution in [0.4, 0.5) is 0 Å². The van der Waals surface area contributed by atoms with Gasteiger partial charge in [-0.25, -0.2) is 0 Å². The second-order valence-corrected chi connectivity index (χ2v) is 10.0. The Morgan fingerprint density at radius 2 is 1.97 bits per heavy atom. The van der Waals surface area contributed by atoms with E-state index in [1.165, 1.54) is 63.2 Å². The van der Waals surface area contributed by atoms with Gasteiger partial charge in [0.15, 0.2) is 5.96 Å². The zero-order valence-electron chi connectivity index (χ0n) is 18.5. The number of aliphatic imine (C=N–C) groups is 1. The number of likely N-dealkylation sites (tertiary alicyclic amines) is 2. The van der Waals surface area contributed by atoms with Crippen molar-refractivity contribution < 1.29 is 0 Å². The zero-order chi connectivity index (χ0) is 19.8. The Balaban J connectivity index is 0.00000300. The van der Waals surface area contributed by atoms with Crippen molar-refractivity contribution in [3.63, 3.8) is 0 Å². The van der Waals surface area contributed by atoms with Gasteiger partial charge in [0.2, 0.25) is 0 Å². The van der Waals surface area contributed by atoms with Crippen LogP contribution in [0.2, 0.25) is 0 Å². The molecule has 5 nitrogen and oxygen atoms in total. The molecule has 0 spiro atoms. The largest absolute Gasteiger partial charge is 0.356 e. The van der Waals surface area contributed by atoms with Gasteiger partial charge in [0.1, 0.15) is 0 Å². The summed E-state index contributed by atoms with van der Waals surface area (Å²) in [6, 6.07) is 4.41. The molecular formula is C22H40IN5S. The van der Waals surface area contributed by atoms with Crippen molar-refractivity contribution in [3.05, 3.63) is 22.4 Å². The van der Waals surface area contributed by atoms with Crippen molar-refractivity contribution in [3.8, 4) is 0 Å². The van der Waals surface area contributed by atoms with Crippen LogP contribution in [0.1, 0.15) is 50.8 Å². The summed E-state index contributed by atoms with van der Waals surface area (Å²) in [6.07, 6.45) is 6.66. The third-order valence-electron chi connectivity index (χ3n) is 6.25. The Kier molecular flexibility index (Phi) is 10.7. The number of hydrogen-bond donors (Lipinski definition) is 2. The molecule has 7 heteroatoms. The van der Waals surface area contributed by atoms with Crippen LogP contribution in [-0.2, 0) is 6.54 Å². The van der Waals surface area contributed by atoms with Crippen molar-refractivity contribution in [1.82, 2.24) is 20.4 Å². The van der Waals surface area contributed by atoms with E-state index in [-0.39, 0.29) is 29.5 Å². The van der Waals surface area contributed by atoms with Crippen molar-refractivity contribution in [2.75, 3.05) is 46.3 Å². The van der Waals surface area contributed by atoms with Gasteiger partial charge in [0, 0.05) is 43.6 Å². The first-order valence-electron chi connectivity index (χ1n) is 11.0. The summed E-state index contributed by atoms with van der Waals surface area (Å²) in [5.74, 6) is 1.64. The van der Waals surface area contributed by atoms with Gasteiger partial charge >= 0.3 is 0 Å². The highest BCUT2D eigenvalue weighted by molar-refractivity contribution is 14.0. The lowest BCUT2D eigenvalue weighted by molar-refractivity contribution is 0.0981. The molecule has 1 atom stereocenters. The molecule has 2 fully saturated rings. The molecule has 2 saturated heterocycles. The highest BCUT2D eigenvalue weighted by atomic mass is 127. The summed E-state index contributed by atoms with van der Waals surface area (Å²) < 4.78 is 0. The molecule has 0 aromatic carbocycles. The number of nitrogens with one attached hydrogen (secondary N) is 2. The maximum atomic E-state index is 4.46. The fourth-order valence-corrected chi connectivity index (χ4v) is 5.20. The number of piperidine rings is 2. The van der Waals surface area contributed by atoms with Gasteiger partial charge < -0.3 is 10.6 Å². The van der Waals surface area contributed by atoms with E-state index in [0.29, 0.717) is 5.92 Å². The highest BCUT2D eigenvalue weighted by Crippen LogP contribution is 2.21. The molecule has 2 aliphatic heterocycles. The van der Waals surface area contributed by atoms with Crippen LogP contribution in [-0.4, -0.2) is 67.6 Å². The third-order valence-corrected chi connectivity index (χ3v) is 7.11. The van der Waals surface area contributed by atoms with E-state index < -0.39 is 0 Å². The summed E-state index contributed by atoms with van der Waals surface area (Å²) in [5, 5.41) is 9.35. The van der Waals surface area contributed by atoms with E-state index in [4.69, 9.17) is 0 Å². The van der Waals surface area contributed by atoms with Crippen LogP contribution >= 0.6 is 35.3 Å². The molecule has 3 rings (SSSR count). The van der Waals surface area contributed by atoms with Crippen molar-refractivity contribution >= 4 is 41.3 Å². The van der Waals surface area contributed by atoms with Crippen molar-refractivity contribution in [2.45, 2.75) is 58.0 Å². The van der Waals surface area contributed by atoms with Gasteiger partial charge in [0.05, 0.1) is 0 Å². The second-order valence-electron chi connectivity index (χ2n) is 8.99. The van der Waals surface area contributed by atoms with Crippen LogP contribution in [0.15, 0.2) is 22.5 Å². The minimum Gasteiger partial charge on any atom is -0.356 e. The van der Waals surface area contributed by atoms with E-state index in [9.17, 15) is 0 Å². The number of nitrogens with zero attached hydrogens (tertiary/aromatic N) is 3. The molecule has 0 radical (unpaired) electrons. The highest BCUT2D eigenvalue weighted by Gasteiger charge is 2.28. The van der Waals surface area contributed by atoms with Crippen LogP contribution in [0, 0.1) is 5.92 Å². The predicted octanol–water partition coefficient (Wildman–Crippen LogP) is 4.01. The standard InChI is InChI=1S/C22H39N5S.HI/c1-22(2,27-12-5-4-6-13-27)18-25-21(23-3)24-15-19-9-7-11-26(16-19)17-20-10-8-14-28-20;/h8,10,14,19H,4-7,9,11-13,15-18H2,1-3H3,(H2,23,24,25);1H. The predicted molar refractivity (Wildman–Crippen MR) is 137 cm³/mol. The normalized spacial score (nSPS) is 22.2. The third kappa shape index (κ3) is 7.99. The summed E-state index contributed by atoms with van der Waals surface area (Å²) >= 11 is 1.87. The van der Waals surface area contributed by atoms with E-state index in [2.05, 4.69) is 56.8 Å². The molecule has 2 N–H and O–H groups in total. The number of hydrogen-bond acceptors (Lipinski definition) is 4.